The molecule has 1 fully saturated rings. The van der Waals surface area contributed by atoms with Crippen LogP contribution >= 0.6 is 0 Å². The molecule has 0 radical (unpaired) electrons. The van der Waals surface area contributed by atoms with E-state index >= 15 is 0 Å². The summed E-state index contributed by atoms with van der Waals surface area (Å²) in [6.07, 6.45) is 5.12. The highest BCUT2D eigenvalue weighted by Gasteiger charge is 2.39. The van der Waals surface area contributed by atoms with Crippen LogP contribution in [0.3, 0.4) is 0 Å². The van der Waals surface area contributed by atoms with Crippen LogP contribution in [0.4, 0.5) is 10.1 Å². The summed E-state index contributed by atoms with van der Waals surface area (Å²) >= 11 is 0. The molecule has 0 aliphatic heterocycles. The normalized spacial score (nSPS) is 27.8. The highest BCUT2D eigenvalue weighted by atomic mass is 19.1. The summed E-state index contributed by atoms with van der Waals surface area (Å²) in [6, 6.07) is 3.56. The standard InChI is InChI=1S/C18H21FN2O3/c1-10-6-14(10)17(23)21-16-5-3-12(19)8-15(16)18(24)20-13-4-2-11(7-13)9-22/h2-5,8,10-11,13-14,22H,6-7,9H2,1H3,(H,20,24)(H,21,23)/t10?,11-,13+,14?/m0/s1. The number of hydrogen-bond donors (Lipinski definition) is 3. The maximum absolute atomic E-state index is 13.6. The number of aliphatic hydroxyl groups is 1. The quantitative estimate of drug-likeness (QED) is 0.723. The second-order valence-electron chi connectivity index (χ2n) is 6.64. The number of nitrogens with one attached hydrogen (secondary N) is 2. The molecule has 0 spiro atoms. The molecular weight excluding hydrogens is 311 g/mol. The minimum atomic E-state index is -0.534. The second-order valence-corrected chi connectivity index (χ2v) is 6.64. The minimum absolute atomic E-state index is 0.0262. The largest absolute Gasteiger partial charge is 0.396 e. The van der Waals surface area contributed by atoms with Crippen LogP contribution in [0.25, 0.3) is 0 Å². The van der Waals surface area contributed by atoms with Gasteiger partial charge in [-0.15, -0.1) is 0 Å². The van der Waals surface area contributed by atoms with E-state index in [4.69, 9.17) is 5.11 Å². The fourth-order valence-corrected chi connectivity index (χ4v) is 2.99. The van der Waals surface area contributed by atoms with Crippen LogP contribution < -0.4 is 10.6 Å². The Balaban J connectivity index is 1.71. The molecule has 3 rings (SSSR count). The summed E-state index contributed by atoms with van der Waals surface area (Å²) in [7, 11) is 0. The summed E-state index contributed by atoms with van der Waals surface area (Å²) in [5, 5.41) is 14.7. The molecule has 4 atom stereocenters. The number of carbonyl (C=O) groups is 2. The van der Waals surface area contributed by atoms with Gasteiger partial charge < -0.3 is 15.7 Å². The summed E-state index contributed by atoms with van der Waals surface area (Å²) in [6.45, 7) is 2.02. The topological polar surface area (TPSA) is 78.4 Å². The van der Waals surface area contributed by atoms with Crippen LogP contribution in [0, 0.1) is 23.6 Å². The van der Waals surface area contributed by atoms with Crippen molar-refractivity contribution in [1.29, 1.82) is 0 Å². The Labute approximate surface area is 139 Å². The van der Waals surface area contributed by atoms with E-state index < -0.39 is 11.7 Å². The molecule has 2 aliphatic rings. The van der Waals surface area contributed by atoms with Crippen LogP contribution in [-0.4, -0.2) is 29.6 Å². The van der Waals surface area contributed by atoms with E-state index in [9.17, 15) is 14.0 Å². The summed E-state index contributed by atoms with van der Waals surface area (Å²) in [4.78, 5) is 24.6. The monoisotopic (exact) mass is 332 g/mol. The molecule has 1 aromatic carbocycles. The lowest BCUT2D eigenvalue weighted by Crippen LogP contribution is -2.33. The lowest BCUT2D eigenvalue weighted by molar-refractivity contribution is -0.117. The molecule has 0 bridgehead atoms. The van der Waals surface area contributed by atoms with Crippen molar-refractivity contribution in [2.24, 2.45) is 17.8 Å². The number of hydrogen-bond acceptors (Lipinski definition) is 3. The van der Waals surface area contributed by atoms with Crippen LogP contribution in [0.1, 0.15) is 30.1 Å². The summed E-state index contributed by atoms with van der Waals surface area (Å²) in [5.74, 6) is -0.770. The molecule has 24 heavy (non-hydrogen) atoms. The Morgan fingerprint density at radius 3 is 2.67 bits per heavy atom. The van der Waals surface area contributed by atoms with E-state index in [1.807, 2.05) is 19.1 Å². The minimum Gasteiger partial charge on any atom is -0.396 e. The fraction of sp³-hybridized carbons (Fsp3) is 0.444. The summed E-state index contributed by atoms with van der Waals surface area (Å²) in [5.41, 5.74) is 0.427. The molecule has 0 aromatic heterocycles. The van der Waals surface area contributed by atoms with Crippen molar-refractivity contribution in [3.8, 4) is 0 Å². The Morgan fingerprint density at radius 1 is 1.29 bits per heavy atom. The van der Waals surface area contributed by atoms with Gasteiger partial charge in [0.15, 0.2) is 0 Å². The Hall–Kier alpha value is -2.21. The number of benzene rings is 1. The Morgan fingerprint density at radius 2 is 2.04 bits per heavy atom. The number of aliphatic hydroxyl groups excluding tert-OH is 1. The Bertz CT molecular complexity index is 689. The highest BCUT2D eigenvalue weighted by Crippen LogP contribution is 2.38. The van der Waals surface area contributed by atoms with Crippen molar-refractivity contribution in [3.63, 3.8) is 0 Å². The molecule has 3 N–H and O–H groups in total. The first-order valence-electron chi connectivity index (χ1n) is 8.18. The van der Waals surface area contributed by atoms with Crippen LogP contribution in [-0.2, 0) is 4.79 Å². The third kappa shape index (κ3) is 3.64. The zero-order valence-electron chi connectivity index (χ0n) is 13.5. The maximum atomic E-state index is 13.6. The van der Waals surface area contributed by atoms with Crippen LogP contribution in [0.2, 0.25) is 0 Å². The predicted molar refractivity (Wildman–Crippen MR) is 87.9 cm³/mol. The van der Waals surface area contributed by atoms with E-state index in [-0.39, 0.29) is 36.0 Å². The molecule has 128 valence electrons. The first-order chi connectivity index (χ1) is 11.5. The summed E-state index contributed by atoms with van der Waals surface area (Å²) < 4.78 is 13.6. The van der Waals surface area contributed by atoms with E-state index in [2.05, 4.69) is 10.6 Å². The predicted octanol–water partition coefficient (Wildman–Crippen LogP) is 2.09. The van der Waals surface area contributed by atoms with E-state index in [0.29, 0.717) is 18.0 Å². The van der Waals surface area contributed by atoms with Crippen molar-refractivity contribution >= 4 is 17.5 Å². The van der Waals surface area contributed by atoms with Gasteiger partial charge in [-0.05, 0) is 37.0 Å². The molecule has 1 aromatic rings. The molecule has 2 unspecified atom stereocenters. The van der Waals surface area contributed by atoms with Gasteiger partial charge in [-0.3, -0.25) is 9.59 Å². The molecular formula is C18H21FN2O3. The van der Waals surface area contributed by atoms with Crippen LogP contribution in [0.15, 0.2) is 30.4 Å². The number of anilines is 1. The van der Waals surface area contributed by atoms with Gasteiger partial charge in [0.05, 0.1) is 11.3 Å². The third-order valence-corrected chi connectivity index (χ3v) is 4.65. The highest BCUT2D eigenvalue weighted by molar-refractivity contribution is 6.04. The molecule has 6 heteroatoms. The number of rotatable bonds is 5. The smallest absolute Gasteiger partial charge is 0.253 e. The first kappa shape index (κ1) is 16.6. The fourth-order valence-electron chi connectivity index (χ4n) is 2.99. The molecule has 2 aliphatic carbocycles. The number of amides is 2. The first-order valence-corrected chi connectivity index (χ1v) is 8.18. The molecule has 0 saturated heterocycles. The molecule has 5 nitrogen and oxygen atoms in total. The number of carbonyl (C=O) groups excluding carboxylic acids is 2. The van der Waals surface area contributed by atoms with Gasteiger partial charge >= 0.3 is 0 Å². The van der Waals surface area contributed by atoms with Gasteiger partial charge in [-0.1, -0.05) is 19.1 Å². The van der Waals surface area contributed by atoms with Crippen LogP contribution in [0.5, 0.6) is 0 Å². The second kappa shape index (κ2) is 6.73. The zero-order valence-corrected chi connectivity index (χ0v) is 13.5. The molecule has 2 amide bonds. The lowest BCUT2D eigenvalue weighted by atomic mass is 10.1. The van der Waals surface area contributed by atoms with E-state index in [1.54, 1.807) is 0 Å². The van der Waals surface area contributed by atoms with Crippen molar-refractivity contribution in [2.75, 3.05) is 11.9 Å². The van der Waals surface area contributed by atoms with Gasteiger partial charge in [0.2, 0.25) is 5.91 Å². The van der Waals surface area contributed by atoms with Gasteiger partial charge in [-0.25, -0.2) is 4.39 Å². The van der Waals surface area contributed by atoms with Gasteiger partial charge in [0.25, 0.3) is 5.91 Å². The molecule has 1 saturated carbocycles. The van der Waals surface area contributed by atoms with Crippen molar-refractivity contribution in [3.05, 3.63) is 41.7 Å². The van der Waals surface area contributed by atoms with Gasteiger partial charge in [-0.2, -0.15) is 0 Å². The van der Waals surface area contributed by atoms with Crippen molar-refractivity contribution in [1.82, 2.24) is 5.32 Å². The number of halogens is 1. The van der Waals surface area contributed by atoms with E-state index in [0.717, 1.165) is 12.5 Å². The zero-order chi connectivity index (χ0) is 17.3. The Kier molecular flexibility index (Phi) is 4.66. The average molecular weight is 332 g/mol. The van der Waals surface area contributed by atoms with Gasteiger partial charge in [0.1, 0.15) is 5.82 Å². The van der Waals surface area contributed by atoms with Crippen molar-refractivity contribution < 1.29 is 19.1 Å². The van der Waals surface area contributed by atoms with E-state index in [1.165, 1.54) is 12.1 Å². The lowest BCUT2D eigenvalue weighted by Gasteiger charge is -2.15. The van der Waals surface area contributed by atoms with Crippen molar-refractivity contribution in [2.45, 2.75) is 25.8 Å². The average Bonchev–Trinajstić information content (AvgIpc) is 3.12. The third-order valence-electron chi connectivity index (χ3n) is 4.65. The van der Waals surface area contributed by atoms with Gasteiger partial charge in [0, 0.05) is 24.5 Å². The SMILES string of the molecule is CC1CC1C(=O)Nc1ccc(F)cc1C(=O)N[C@@H]1C=C[C@H](CO)C1. The molecule has 0 heterocycles. The maximum Gasteiger partial charge on any atom is 0.253 e.